The van der Waals surface area contributed by atoms with Crippen LogP contribution in [-0.4, -0.2) is 13.1 Å². The summed E-state index contributed by atoms with van der Waals surface area (Å²) in [4.78, 5) is 0. The van der Waals surface area contributed by atoms with Crippen LogP contribution in [0.25, 0.3) is 0 Å². The first-order valence-electron chi connectivity index (χ1n) is 5.73. The third kappa shape index (κ3) is 3.72. The Morgan fingerprint density at radius 1 is 0.706 bits per heavy atom. The maximum Gasteiger partial charge on any atom is 0.0342 e. The summed E-state index contributed by atoms with van der Waals surface area (Å²) < 4.78 is 0. The topological polar surface area (TPSA) is 50.1 Å². The number of nitrogens with one attached hydrogen (secondary N) is 2. The van der Waals surface area contributed by atoms with E-state index >= 15 is 0 Å². The number of benzene rings is 2. The first kappa shape index (κ1) is 11.3. The van der Waals surface area contributed by atoms with Gasteiger partial charge in [0.15, 0.2) is 0 Å². The summed E-state index contributed by atoms with van der Waals surface area (Å²) in [6.45, 7) is 1.76. The number of nitrogen functional groups attached to an aromatic ring is 1. The van der Waals surface area contributed by atoms with Gasteiger partial charge in [0.1, 0.15) is 0 Å². The number of hydrogen-bond donors (Lipinski definition) is 3. The summed E-state index contributed by atoms with van der Waals surface area (Å²) in [7, 11) is 0. The van der Waals surface area contributed by atoms with Crippen molar-refractivity contribution in [2.75, 3.05) is 29.5 Å². The lowest BCUT2D eigenvalue weighted by atomic mass is 10.3. The third-order valence-electron chi connectivity index (χ3n) is 2.47. The fourth-order valence-electron chi connectivity index (χ4n) is 1.57. The van der Waals surface area contributed by atoms with Crippen LogP contribution in [0.1, 0.15) is 0 Å². The summed E-state index contributed by atoms with van der Waals surface area (Å²) in [6.07, 6.45) is 0. The van der Waals surface area contributed by atoms with Crippen molar-refractivity contribution in [3.8, 4) is 0 Å². The van der Waals surface area contributed by atoms with Crippen molar-refractivity contribution < 1.29 is 0 Å². The smallest absolute Gasteiger partial charge is 0.0342 e. The molecule has 0 aliphatic rings. The average molecular weight is 227 g/mol. The monoisotopic (exact) mass is 227 g/mol. The van der Waals surface area contributed by atoms with E-state index in [0.717, 1.165) is 30.2 Å². The first-order chi connectivity index (χ1) is 8.34. The van der Waals surface area contributed by atoms with Crippen LogP contribution in [-0.2, 0) is 0 Å². The SMILES string of the molecule is Nc1ccc(NCCNc2ccccc2)cc1. The number of para-hydroxylation sites is 1. The molecule has 0 fully saturated rings. The van der Waals surface area contributed by atoms with E-state index in [4.69, 9.17) is 5.73 Å². The fraction of sp³-hybridized carbons (Fsp3) is 0.143. The lowest BCUT2D eigenvalue weighted by Crippen LogP contribution is -2.13. The van der Waals surface area contributed by atoms with Gasteiger partial charge >= 0.3 is 0 Å². The molecule has 0 aliphatic heterocycles. The Morgan fingerprint density at radius 2 is 1.24 bits per heavy atom. The van der Waals surface area contributed by atoms with Gasteiger partial charge in [-0.3, -0.25) is 0 Å². The summed E-state index contributed by atoms with van der Waals surface area (Å²) in [5.41, 5.74) is 8.64. The van der Waals surface area contributed by atoms with Gasteiger partial charge < -0.3 is 16.4 Å². The van der Waals surface area contributed by atoms with Gasteiger partial charge in [-0.1, -0.05) is 18.2 Å². The molecule has 0 aliphatic carbocycles. The second-order valence-electron chi connectivity index (χ2n) is 3.84. The number of nitrogens with two attached hydrogens (primary N) is 1. The van der Waals surface area contributed by atoms with Crippen molar-refractivity contribution >= 4 is 17.1 Å². The predicted octanol–water partition coefficient (Wildman–Crippen LogP) is 2.79. The normalized spacial score (nSPS) is 9.88. The largest absolute Gasteiger partial charge is 0.399 e. The molecule has 0 heterocycles. The van der Waals surface area contributed by atoms with Crippen molar-refractivity contribution in [1.29, 1.82) is 0 Å². The standard InChI is InChI=1S/C14H17N3/c15-12-6-8-14(9-7-12)17-11-10-16-13-4-2-1-3-5-13/h1-9,16-17H,10-11,15H2. The third-order valence-corrected chi connectivity index (χ3v) is 2.47. The van der Waals surface area contributed by atoms with Crippen LogP contribution in [0.2, 0.25) is 0 Å². The molecule has 17 heavy (non-hydrogen) atoms. The van der Waals surface area contributed by atoms with Gasteiger partial charge in [0.25, 0.3) is 0 Å². The molecule has 0 atom stereocenters. The van der Waals surface area contributed by atoms with Crippen LogP contribution >= 0.6 is 0 Å². The van der Waals surface area contributed by atoms with E-state index in [-0.39, 0.29) is 0 Å². The van der Waals surface area contributed by atoms with Gasteiger partial charge in [-0.2, -0.15) is 0 Å². The van der Waals surface area contributed by atoms with E-state index in [1.165, 1.54) is 0 Å². The molecule has 2 aromatic carbocycles. The van der Waals surface area contributed by atoms with Gasteiger partial charge in [-0.15, -0.1) is 0 Å². The van der Waals surface area contributed by atoms with Gasteiger partial charge in [0.05, 0.1) is 0 Å². The Kier molecular flexibility index (Phi) is 3.86. The van der Waals surface area contributed by atoms with Crippen LogP contribution in [0, 0.1) is 0 Å². The molecule has 0 saturated heterocycles. The molecular formula is C14H17N3. The number of hydrogen-bond acceptors (Lipinski definition) is 3. The Hall–Kier alpha value is -2.16. The zero-order valence-corrected chi connectivity index (χ0v) is 9.69. The lowest BCUT2D eigenvalue weighted by molar-refractivity contribution is 1.08. The van der Waals surface area contributed by atoms with E-state index in [0.29, 0.717) is 0 Å². The van der Waals surface area contributed by atoms with Crippen molar-refractivity contribution in [2.45, 2.75) is 0 Å². The van der Waals surface area contributed by atoms with Gasteiger partial charge in [0, 0.05) is 30.2 Å². The van der Waals surface area contributed by atoms with E-state index in [1.54, 1.807) is 0 Å². The van der Waals surface area contributed by atoms with E-state index in [1.807, 2.05) is 42.5 Å². The molecule has 2 aromatic rings. The Labute approximate surface area is 102 Å². The Bertz CT molecular complexity index is 437. The second-order valence-corrected chi connectivity index (χ2v) is 3.84. The summed E-state index contributed by atoms with van der Waals surface area (Å²) in [5, 5.41) is 6.66. The quantitative estimate of drug-likeness (QED) is 0.544. The van der Waals surface area contributed by atoms with Crippen molar-refractivity contribution in [2.24, 2.45) is 0 Å². The van der Waals surface area contributed by atoms with E-state index < -0.39 is 0 Å². The van der Waals surface area contributed by atoms with Gasteiger partial charge in [-0.25, -0.2) is 0 Å². The van der Waals surface area contributed by atoms with Crippen molar-refractivity contribution in [3.05, 3.63) is 54.6 Å². The molecule has 0 bridgehead atoms. The van der Waals surface area contributed by atoms with Crippen LogP contribution in [0.15, 0.2) is 54.6 Å². The Balaban J connectivity index is 1.71. The number of anilines is 3. The molecule has 0 spiro atoms. The fourth-order valence-corrected chi connectivity index (χ4v) is 1.57. The summed E-state index contributed by atoms with van der Waals surface area (Å²) >= 11 is 0. The molecule has 0 amide bonds. The van der Waals surface area contributed by atoms with Crippen molar-refractivity contribution in [3.63, 3.8) is 0 Å². The second kappa shape index (κ2) is 5.80. The minimum absolute atomic E-state index is 0.790. The molecule has 0 radical (unpaired) electrons. The molecule has 4 N–H and O–H groups in total. The lowest BCUT2D eigenvalue weighted by Gasteiger charge is -2.08. The highest BCUT2D eigenvalue weighted by atomic mass is 14.9. The molecule has 3 heteroatoms. The van der Waals surface area contributed by atoms with Gasteiger partial charge in [0.2, 0.25) is 0 Å². The van der Waals surface area contributed by atoms with Crippen LogP contribution in [0.3, 0.4) is 0 Å². The molecule has 88 valence electrons. The van der Waals surface area contributed by atoms with Crippen LogP contribution < -0.4 is 16.4 Å². The zero-order chi connectivity index (χ0) is 11.9. The highest BCUT2D eigenvalue weighted by Gasteiger charge is 1.92. The molecule has 0 saturated carbocycles. The van der Waals surface area contributed by atoms with Crippen molar-refractivity contribution in [1.82, 2.24) is 0 Å². The zero-order valence-electron chi connectivity index (χ0n) is 9.69. The molecule has 3 nitrogen and oxygen atoms in total. The first-order valence-corrected chi connectivity index (χ1v) is 5.73. The van der Waals surface area contributed by atoms with Crippen LogP contribution in [0.4, 0.5) is 17.1 Å². The summed E-state index contributed by atoms with van der Waals surface area (Å²) in [6, 6.07) is 17.9. The molecule has 2 rings (SSSR count). The van der Waals surface area contributed by atoms with Gasteiger partial charge in [-0.05, 0) is 36.4 Å². The minimum Gasteiger partial charge on any atom is -0.399 e. The maximum absolute atomic E-state index is 5.62. The minimum atomic E-state index is 0.790. The molecular weight excluding hydrogens is 210 g/mol. The molecule has 0 aromatic heterocycles. The molecule has 0 unspecified atom stereocenters. The highest BCUT2D eigenvalue weighted by molar-refractivity contribution is 5.51. The summed E-state index contributed by atoms with van der Waals surface area (Å²) in [5.74, 6) is 0. The van der Waals surface area contributed by atoms with E-state index in [2.05, 4.69) is 22.8 Å². The Morgan fingerprint density at radius 3 is 1.82 bits per heavy atom. The average Bonchev–Trinajstić information content (AvgIpc) is 2.38. The predicted molar refractivity (Wildman–Crippen MR) is 74.3 cm³/mol. The number of rotatable bonds is 5. The van der Waals surface area contributed by atoms with E-state index in [9.17, 15) is 0 Å². The van der Waals surface area contributed by atoms with Crippen LogP contribution in [0.5, 0.6) is 0 Å². The maximum atomic E-state index is 5.62. The highest BCUT2D eigenvalue weighted by Crippen LogP contribution is 2.10.